The average Bonchev–Trinajstić information content (AvgIpc) is 2.46. The van der Waals surface area contributed by atoms with Gasteiger partial charge in [-0.05, 0) is 12.1 Å². The molecule has 0 saturated carbocycles. The zero-order valence-corrected chi connectivity index (χ0v) is 10.2. The molecule has 100 valence electrons. The van der Waals surface area contributed by atoms with Crippen molar-refractivity contribution in [1.82, 2.24) is 9.89 Å². The van der Waals surface area contributed by atoms with Crippen molar-refractivity contribution >= 4 is 10.8 Å². The smallest absolute Gasteiger partial charge is 0.296 e. The Morgan fingerprint density at radius 1 is 0.950 bits per heavy atom. The Morgan fingerprint density at radius 3 is 2.20 bits per heavy atom. The van der Waals surface area contributed by atoms with Crippen LogP contribution in [0.2, 0.25) is 0 Å². The Bertz CT molecular complexity index is 860. The van der Waals surface area contributed by atoms with Crippen LogP contribution in [0.25, 0.3) is 22.0 Å². The van der Waals surface area contributed by atoms with Gasteiger partial charge in [-0.1, -0.05) is 30.3 Å². The number of nitrogens with two attached hydrogens (primary N) is 1. The number of aromatic nitrogens is 2. The van der Waals surface area contributed by atoms with Gasteiger partial charge in [0.15, 0.2) is 0 Å². The molecule has 1 heterocycles. The number of nitrogens with zero attached hydrogens (tertiary/aromatic N) is 2. The average molecular weight is 273 g/mol. The molecule has 0 bridgehead atoms. The van der Waals surface area contributed by atoms with Crippen molar-refractivity contribution in [3.63, 3.8) is 0 Å². The lowest BCUT2D eigenvalue weighted by atomic mass is 10.0. The van der Waals surface area contributed by atoms with Crippen LogP contribution in [0.3, 0.4) is 0 Å². The molecule has 3 aromatic rings. The van der Waals surface area contributed by atoms with Crippen LogP contribution >= 0.6 is 0 Å². The summed E-state index contributed by atoms with van der Waals surface area (Å²) in [6, 6.07) is 10.5. The second-order valence-electron chi connectivity index (χ2n) is 4.24. The van der Waals surface area contributed by atoms with Crippen LogP contribution in [0, 0.1) is 11.6 Å². The first-order valence-electron chi connectivity index (χ1n) is 5.81. The predicted molar refractivity (Wildman–Crippen MR) is 71.5 cm³/mol. The Kier molecular flexibility index (Phi) is 2.71. The summed E-state index contributed by atoms with van der Waals surface area (Å²) < 4.78 is 27.9. The van der Waals surface area contributed by atoms with Gasteiger partial charge in [-0.25, -0.2) is 8.78 Å². The number of halogens is 2. The summed E-state index contributed by atoms with van der Waals surface area (Å²) in [7, 11) is 0. The maximum Gasteiger partial charge on any atom is 0.296 e. The maximum atomic E-state index is 14.0. The fraction of sp³-hybridized carbons (Fsp3) is 0. The summed E-state index contributed by atoms with van der Waals surface area (Å²) in [6.45, 7) is 0. The highest BCUT2D eigenvalue weighted by molar-refractivity contribution is 5.94. The van der Waals surface area contributed by atoms with Crippen LogP contribution in [-0.2, 0) is 0 Å². The van der Waals surface area contributed by atoms with Crippen molar-refractivity contribution in [2.45, 2.75) is 0 Å². The molecule has 0 unspecified atom stereocenters. The normalized spacial score (nSPS) is 10.9. The standard InChI is InChI=1S/C14H9F2N3O/c15-9-6-7-10(16)12-11(9)13(18-19(17)14(12)20)8-4-2-1-3-5-8/h1-7H,17H2. The topological polar surface area (TPSA) is 60.9 Å². The highest BCUT2D eigenvalue weighted by atomic mass is 19.1. The van der Waals surface area contributed by atoms with Crippen molar-refractivity contribution in [3.8, 4) is 11.3 Å². The van der Waals surface area contributed by atoms with E-state index in [-0.39, 0.29) is 11.1 Å². The number of hydrogen-bond acceptors (Lipinski definition) is 3. The van der Waals surface area contributed by atoms with Gasteiger partial charge in [0.25, 0.3) is 5.56 Å². The highest BCUT2D eigenvalue weighted by Crippen LogP contribution is 2.27. The van der Waals surface area contributed by atoms with E-state index < -0.39 is 22.6 Å². The van der Waals surface area contributed by atoms with E-state index >= 15 is 0 Å². The van der Waals surface area contributed by atoms with Crippen LogP contribution in [0.1, 0.15) is 0 Å². The van der Waals surface area contributed by atoms with Gasteiger partial charge in [-0.3, -0.25) is 4.79 Å². The van der Waals surface area contributed by atoms with Crippen molar-refractivity contribution in [2.24, 2.45) is 0 Å². The van der Waals surface area contributed by atoms with Crippen LogP contribution < -0.4 is 11.4 Å². The van der Waals surface area contributed by atoms with Crippen molar-refractivity contribution < 1.29 is 8.78 Å². The minimum absolute atomic E-state index is 0.125. The van der Waals surface area contributed by atoms with Crippen molar-refractivity contribution in [3.05, 3.63) is 64.5 Å². The molecule has 2 aromatic carbocycles. The molecule has 6 heteroatoms. The van der Waals surface area contributed by atoms with E-state index in [2.05, 4.69) is 5.10 Å². The Morgan fingerprint density at radius 2 is 1.55 bits per heavy atom. The van der Waals surface area contributed by atoms with E-state index in [9.17, 15) is 13.6 Å². The van der Waals surface area contributed by atoms with Gasteiger partial charge in [0.2, 0.25) is 0 Å². The molecule has 0 saturated heterocycles. The van der Waals surface area contributed by atoms with E-state index in [0.29, 0.717) is 10.4 Å². The van der Waals surface area contributed by atoms with E-state index in [0.717, 1.165) is 12.1 Å². The molecule has 3 rings (SSSR count). The maximum absolute atomic E-state index is 14.0. The second kappa shape index (κ2) is 4.41. The van der Waals surface area contributed by atoms with Gasteiger partial charge in [-0.2, -0.15) is 0 Å². The molecule has 0 amide bonds. The number of nitrogen functional groups attached to an aromatic ring is 1. The molecule has 0 radical (unpaired) electrons. The van der Waals surface area contributed by atoms with Gasteiger partial charge in [0, 0.05) is 5.56 Å². The molecule has 0 aliphatic heterocycles. The number of benzene rings is 2. The summed E-state index contributed by atoms with van der Waals surface area (Å²) in [5.41, 5.74) is -0.211. The zero-order valence-electron chi connectivity index (χ0n) is 10.2. The summed E-state index contributed by atoms with van der Waals surface area (Å²) >= 11 is 0. The molecule has 0 atom stereocenters. The van der Waals surface area contributed by atoms with Crippen molar-refractivity contribution in [2.75, 3.05) is 5.84 Å². The van der Waals surface area contributed by atoms with Crippen LogP contribution in [-0.4, -0.2) is 9.89 Å². The van der Waals surface area contributed by atoms with Gasteiger partial charge < -0.3 is 5.84 Å². The SMILES string of the molecule is Nn1nc(-c2ccccc2)c2c(F)ccc(F)c2c1=O. The predicted octanol–water partition coefficient (Wildman–Crippen LogP) is 2.06. The van der Waals surface area contributed by atoms with Crippen LogP contribution in [0.4, 0.5) is 8.78 Å². The van der Waals surface area contributed by atoms with E-state index in [1.165, 1.54) is 0 Å². The Hall–Kier alpha value is -2.76. The first-order valence-corrected chi connectivity index (χ1v) is 5.81. The lowest BCUT2D eigenvalue weighted by Crippen LogP contribution is -2.31. The lowest BCUT2D eigenvalue weighted by molar-refractivity contribution is 0.613. The van der Waals surface area contributed by atoms with E-state index in [4.69, 9.17) is 5.84 Å². The van der Waals surface area contributed by atoms with Crippen LogP contribution in [0.5, 0.6) is 0 Å². The highest BCUT2D eigenvalue weighted by Gasteiger charge is 2.18. The number of fused-ring (bicyclic) bond motifs is 1. The fourth-order valence-corrected chi connectivity index (χ4v) is 2.11. The largest absolute Gasteiger partial charge is 0.320 e. The first-order chi connectivity index (χ1) is 9.59. The zero-order chi connectivity index (χ0) is 14.3. The Balaban J connectivity index is 2.54. The first kappa shape index (κ1) is 12.3. The van der Waals surface area contributed by atoms with Gasteiger partial charge in [0.1, 0.15) is 17.3 Å². The van der Waals surface area contributed by atoms with E-state index in [1.807, 2.05) is 0 Å². The summed E-state index contributed by atoms with van der Waals surface area (Å²) in [5.74, 6) is 3.90. The van der Waals surface area contributed by atoms with E-state index in [1.54, 1.807) is 30.3 Å². The summed E-state index contributed by atoms with van der Waals surface area (Å²) in [6.07, 6.45) is 0. The van der Waals surface area contributed by atoms with Gasteiger partial charge >= 0.3 is 0 Å². The molecule has 0 aliphatic rings. The second-order valence-corrected chi connectivity index (χ2v) is 4.24. The molecule has 2 N–H and O–H groups in total. The monoisotopic (exact) mass is 273 g/mol. The third-order valence-corrected chi connectivity index (χ3v) is 3.02. The van der Waals surface area contributed by atoms with Gasteiger partial charge in [-0.15, -0.1) is 9.89 Å². The minimum Gasteiger partial charge on any atom is -0.320 e. The minimum atomic E-state index is -0.878. The molecule has 1 aromatic heterocycles. The van der Waals surface area contributed by atoms with Gasteiger partial charge in [0.05, 0.1) is 10.8 Å². The Labute approximate surface area is 112 Å². The lowest BCUT2D eigenvalue weighted by Gasteiger charge is -2.09. The summed E-state index contributed by atoms with van der Waals surface area (Å²) in [5, 5.41) is 3.28. The molecule has 0 fully saturated rings. The van der Waals surface area contributed by atoms with Crippen LogP contribution in [0.15, 0.2) is 47.3 Å². The third-order valence-electron chi connectivity index (χ3n) is 3.02. The number of rotatable bonds is 1. The molecule has 0 aliphatic carbocycles. The molecular formula is C14H9F2N3O. The van der Waals surface area contributed by atoms with Crippen molar-refractivity contribution in [1.29, 1.82) is 0 Å². The quantitative estimate of drug-likeness (QED) is 0.690. The third kappa shape index (κ3) is 1.73. The molecule has 20 heavy (non-hydrogen) atoms. The fourth-order valence-electron chi connectivity index (χ4n) is 2.11. The molecule has 0 spiro atoms. The molecule has 4 nitrogen and oxygen atoms in total. The summed E-state index contributed by atoms with van der Waals surface area (Å²) in [4.78, 5) is 12.4. The number of hydrogen-bond donors (Lipinski definition) is 1. The molecular weight excluding hydrogens is 264 g/mol.